The van der Waals surface area contributed by atoms with Gasteiger partial charge in [-0.05, 0) is 88.6 Å². The highest BCUT2D eigenvalue weighted by atomic mass is 14.2. The van der Waals surface area contributed by atoms with Crippen LogP contribution in [0.4, 0.5) is 0 Å². The molecule has 7 aromatic carbocycles. The van der Waals surface area contributed by atoms with Crippen molar-refractivity contribution in [1.29, 1.82) is 0 Å². The summed E-state index contributed by atoms with van der Waals surface area (Å²) in [6, 6.07) is 32.1. The molecule has 0 unspecified atom stereocenters. The molecule has 0 saturated carbocycles. The lowest BCUT2D eigenvalue weighted by Crippen LogP contribution is -2.02. The summed E-state index contributed by atoms with van der Waals surface area (Å²) in [4.78, 5) is 0. The lowest BCUT2D eigenvalue weighted by atomic mass is 9.80. The number of fused-ring (bicyclic) bond motifs is 5. The van der Waals surface area contributed by atoms with E-state index in [9.17, 15) is 0 Å². The zero-order chi connectivity index (χ0) is 19.4. The van der Waals surface area contributed by atoms with Crippen molar-refractivity contribution in [2.24, 2.45) is 0 Å². The number of hydrogen-bond acceptors (Lipinski definition) is 0. The molecule has 0 saturated heterocycles. The fourth-order valence-corrected chi connectivity index (χ4v) is 6.29. The van der Waals surface area contributed by atoms with Crippen molar-refractivity contribution >= 4 is 64.6 Å². The van der Waals surface area contributed by atoms with Crippen molar-refractivity contribution in [2.75, 3.05) is 0 Å². The standard InChI is InChI=1S/C30H18/c1-5-17-13-14-18-6-3-11-23-26(18)25(17)21(9-1)29-22-10-2-7-19-15-16-20-8-4-12-24(30(23)29)28(20)27(19)22/h1-14H,15-16H2. The summed E-state index contributed by atoms with van der Waals surface area (Å²) in [7, 11) is 0. The van der Waals surface area contributed by atoms with Crippen molar-refractivity contribution in [3.8, 4) is 0 Å². The molecule has 30 heavy (non-hydrogen) atoms. The van der Waals surface area contributed by atoms with Crippen molar-refractivity contribution in [3.63, 3.8) is 0 Å². The maximum Gasteiger partial charge on any atom is -0.00136 e. The fourth-order valence-electron chi connectivity index (χ4n) is 6.29. The monoisotopic (exact) mass is 378 g/mol. The van der Waals surface area contributed by atoms with Gasteiger partial charge in [0, 0.05) is 0 Å². The number of rotatable bonds is 0. The first-order valence-corrected chi connectivity index (χ1v) is 10.8. The quantitative estimate of drug-likeness (QED) is 0.184. The average Bonchev–Trinajstić information content (AvgIpc) is 2.81. The molecule has 7 aromatic rings. The molecule has 1 aliphatic carbocycles. The van der Waals surface area contributed by atoms with Gasteiger partial charge in [-0.15, -0.1) is 0 Å². The second kappa shape index (κ2) is 5.09. The normalized spacial score (nSPS) is 13.7. The van der Waals surface area contributed by atoms with E-state index >= 15 is 0 Å². The molecule has 0 heteroatoms. The molecule has 0 bridgehead atoms. The van der Waals surface area contributed by atoms with Crippen LogP contribution < -0.4 is 0 Å². The Morgan fingerprint density at radius 3 is 1.20 bits per heavy atom. The highest BCUT2D eigenvalue weighted by Gasteiger charge is 2.22. The first-order valence-electron chi connectivity index (χ1n) is 10.8. The van der Waals surface area contributed by atoms with Crippen LogP contribution in [0.3, 0.4) is 0 Å². The van der Waals surface area contributed by atoms with Crippen LogP contribution in [0.2, 0.25) is 0 Å². The molecule has 0 amide bonds. The molecule has 0 nitrogen and oxygen atoms in total. The third-order valence-corrected chi connectivity index (χ3v) is 7.43. The second-order valence-corrected chi connectivity index (χ2v) is 8.80. The Bertz CT molecular complexity index is 1700. The molecule has 0 fully saturated rings. The molecule has 0 N–H and O–H groups in total. The van der Waals surface area contributed by atoms with Crippen LogP contribution >= 0.6 is 0 Å². The van der Waals surface area contributed by atoms with E-state index in [-0.39, 0.29) is 0 Å². The highest BCUT2D eigenvalue weighted by Crippen LogP contribution is 2.48. The molecule has 1 aliphatic rings. The van der Waals surface area contributed by atoms with Crippen LogP contribution in [0.15, 0.2) is 84.9 Å². The Morgan fingerprint density at radius 1 is 0.333 bits per heavy atom. The minimum Gasteiger partial charge on any atom is -0.0613 e. The third-order valence-electron chi connectivity index (χ3n) is 7.43. The zero-order valence-corrected chi connectivity index (χ0v) is 16.5. The highest BCUT2D eigenvalue weighted by molar-refractivity contribution is 6.43. The number of benzene rings is 7. The van der Waals surface area contributed by atoms with Crippen LogP contribution in [0.5, 0.6) is 0 Å². The van der Waals surface area contributed by atoms with E-state index in [1.165, 1.54) is 75.8 Å². The smallest absolute Gasteiger partial charge is 0.00136 e. The van der Waals surface area contributed by atoms with E-state index in [2.05, 4.69) is 84.9 Å². The van der Waals surface area contributed by atoms with E-state index in [4.69, 9.17) is 0 Å². The van der Waals surface area contributed by atoms with Crippen molar-refractivity contribution in [2.45, 2.75) is 12.8 Å². The summed E-state index contributed by atoms with van der Waals surface area (Å²) in [5.74, 6) is 0. The molecule has 138 valence electrons. The summed E-state index contributed by atoms with van der Waals surface area (Å²) in [6.45, 7) is 0. The number of hydrogen-bond donors (Lipinski definition) is 0. The van der Waals surface area contributed by atoms with Gasteiger partial charge in [0.15, 0.2) is 0 Å². The zero-order valence-electron chi connectivity index (χ0n) is 16.5. The predicted octanol–water partition coefficient (Wildman–Crippen LogP) is 8.14. The van der Waals surface area contributed by atoms with Crippen LogP contribution in [-0.2, 0) is 12.8 Å². The molecular weight excluding hydrogens is 360 g/mol. The molecule has 8 rings (SSSR count). The van der Waals surface area contributed by atoms with Crippen LogP contribution in [0, 0.1) is 0 Å². The van der Waals surface area contributed by atoms with Crippen LogP contribution in [0.1, 0.15) is 11.1 Å². The topological polar surface area (TPSA) is 0 Å². The van der Waals surface area contributed by atoms with Gasteiger partial charge in [0.25, 0.3) is 0 Å². The maximum absolute atomic E-state index is 2.35. The van der Waals surface area contributed by atoms with E-state index < -0.39 is 0 Å². The minimum absolute atomic E-state index is 1.14. The maximum atomic E-state index is 2.35. The Hall–Kier alpha value is -3.64. The molecule has 0 heterocycles. The Morgan fingerprint density at radius 2 is 0.733 bits per heavy atom. The van der Waals surface area contributed by atoms with Crippen molar-refractivity contribution < 1.29 is 0 Å². The molecule has 0 aliphatic heterocycles. The summed E-state index contributed by atoms with van der Waals surface area (Å²) < 4.78 is 0. The van der Waals surface area contributed by atoms with Gasteiger partial charge in [0.05, 0.1) is 0 Å². The predicted molar refractivity (Wildman–Crippen MR) is 130 cm³/mol. The van der Waals surface area contributed by atoms with Gasteiger partial charge in [0.2, 0.25) is 0 Å². The molecule has 0 radical (unpaired) electrons. The lowest BCUT2D eigenvalue weighted by Gasteiger charge is -2.23. The fraction of sp³-hybridized carbons (Fsp3) is 0.0667. The van der Waals surface area contributed by atoms with Crippen molar-refractivity contribution in [1.82, 2.24) is 0 Å². The second-order valence-electron chi connectivity index (χ2n) is 8.80. The SMILES string of the molecule is c1cc2c3c(c1)c1c4cccc5ccc6cccc(c6c54)c1c1cccc(c13)CC2. The van der Waals surface area contributed by atoms with Gasteiger partial charge in [-0.25, -0.2) is 0 Å². The van der Waals surface area contributed by atoms with Gasteiger partial charge < -0.3 is 0 Å². The Balaban J connectivity index is 1.89. The largest absolute Gasteiger partial charge is 0.0613 e. The van der Waals surface area contributed by atoms with E-state index in [0.29, 0.717) is 0 Å². The van der Waals surface area contributed by atoms with Gasteiger partial charge in [-0.1, -0.05) is 84.9 Å². The lowest BCUT2D eigenvalue weighted by molar-refractivity contribution is 0.969. The van der Waals surface area contributed by atoms with Gasteiger partial charge in [0.1, 0.15) is 0 Å². The first kappa shape index (κ1) is 15.2. The van der Waals surface area contributed by atoms with E-state index in [1.54, 1.807) is 0 Å². The van der Waals surface area contributed by atoms with E-state index in [1.807, 2.05) is 0 Å². The minimum atomic E-state index is 1.14. The molecule has 0 atom stereocenters. The van der Waals surface area contributed by atoms with Crippen LogP contribution in [0.25, 0.3) is 64.6 Å². The van der Waals surface area contributed by atoms with Crippen molar-refractivity contribution in [3.05, 3.63) is 96.1 Å². The van der Waals surface area contributed by atoms with Gasteiger partial charge >= 0.3 is 0 Å². The summed E-state index contributed by atoms with van der Waals surface area (Å²) >= 11 is 0. The summed E-state index contributed by atoms with van der Waals surface area (Å²) in [5.41, 5.74) is 3.01. The van der Waals surface area contributed by atoms with E-state index in [0.717, 1.165) is 12.8 Å². The average molecular weight is 378 g/mol. The number of aryl methyl sites for hydroxylation is 2. The molecule has 0 spiro atoms. The van der Waals surface area contributed by atoms with Gasteiger partial charge in [-0.3, -0.25) is 0 Å². The first-order chi connectivity index (χ1) is 14.9. The summed E-state index contributed by atoms with van der Waals surface area (Å²) in [5, 5.41) is 16.9. The van der Waals surface area contributed by atoms with Crippen LogP contribution in [-0.4, -0.2) is 0 Å². The van der Waals surface area contributed by atoms with Gasteiger partial charge in [-0.2, -0.15) is 0 Å². The molecular formula is C30H18. The Labute approximate surface area is 173 Å². The Kier molecular flexibility index (Phi) is 2.59. The molecule has 0 aromatic heterocycles. The summed E-state index contributed by atoms with van der Waals surface area (Å²) in [6.07, 6.45) is 2.28. The third kappa shape index (κ3) is 1.63.